The van der Waals surface area contributed by atoms with Gasteiger partial charge in [0.25, 0.3) is 5.56 Å². The van der Waals surface area contributed by atoms with Crippen LogP contribution in [-0.2, 0) is 24.1 Å². The molecule has 1 N–H and O–H groups in total. The summed E-state index contributed by atoms with van der Waals surface area (Å²) in [6, 6.07) is 13.8. The largest absolute Gasteiger partial charge is 0.495 e. The van der Waals surface area contributed by atoms with Crippen molar-refractivity contribution >= 4 is 11.7 Å². The minimum atomic E-state index is -0.602. The Bertz CT molecular complexity index is 1380. The normalized spacial score (nSPS) is 16.3. The highest BCUT2D eigenvalue weighted by molar-refractivity contribution is 5.91. The van der Waals surface area contributed by atoms with Crippen LogP contribution in [0.3, 0.4) is 0 Å². The molecule has 0 bridgehead atoms. The quantitative estimate of drug-likeness (QED) is 0.500. The van der Waals surface area contributed by atoms with Crippen LogP contribution < -0.4 is 15.6 Å². The first-order chi connectivity index (χ1) is 17.2. The molecular formula is C30H34N2O4. The van der Waals surface area contributed by atoms with Crippen LogP contribution in [0.15, 0.2) is 47.3 Å². The minimum Gasteiger partial charge on any atom is -0.495 e. The number of carbonyl (C=O) groups is 1. The Kier molecular flexibility index (Phi) is 6.15. The number of aromatic nitrogens is 1. The number of methoxy groups -OCH3 is 2. The van der Waals surface area contributed by atoms with Crippen LogP contribution in [0.5, 0.6) is 5.75 Å². The van der Waals surface area contributed by atoms with Crippen molar-refractivity contribution in [3.8, 4) is 17.0 Å². The highest BCUT2D eigenvalue weighted by atomic mass is 16.5. The summed E-state index contributed by atoms with van der Waals surface area (Å²) in [4.78, 5) is 26.6. The lowest BCUT2D eigenvalue weighted by molar-refractivity contribution is 0.0597. The van der Waals surface area contributed by atoms with Crippen LogP contribution in [-0.4, -0.2) is 31.3 Å². The van der Waals surface area contributed by atoms with Gasteiger partial charge in [0, 0.05) is 12.1 Å². The van der Waals surface area contributed by atoms with E-state index in [-0.39, 0.29) is 22.5 Å². The average Bonchev–Trinajstić information content (AvgIpc) is 2.88. The topological polar surface area (TPSA) is 69.6 Å². The molecule has 1 unspecified atom stereocenters. The Morgan fingerprint density at radius 3 is 2.53 bits per heavy atom. The van der Waals surface area contributed by atoms with Crippen molar-refractivity contribution < 1.29 is 14.3 Å². The molecule has 6 nitrogen and oxygen atoms in total. The SMILES string of the molecule is COC(=O)c1cc2c(n(Cc3ccccc3)c1=O)-c1cc(OC)c3c(c1CC2C(C)(C)C)CCCN3. The maximum Gasteiger partial charge on any atom is 0.343 e. The van der Waals surface area contributed by atoms with Crippen molar-refractivity contribution in [2.45, 2.75) is 52.5 Å². The zero-order valence-corrected chi connectivity index (χ0v) is 21.7. The number of nitrogens with one attached hydrogen (secondary N) is 1. The number of anilines is 1. The Balaban J connectivity index is 1.88. The number of carbonyl (C=O) groups excluding carboxylic acids is 1. The van der Waals surface area contributed by atoms with Gasteiger partial charge in [-0.15, -0.1) is 0 Å². The first kappa shape index (κ1) is 24.2. The first-order valence-electron chi connectivity index (χ1n) is 12.6. The predicted molar refractivity (Wildman–Crippen MR) is 142 cm³/mol. The summed E-state index contributed by atoms with van der Waals surface area (Å²) in [5, 5.41) is 3.55. The highest BCUT2D eigenvalue weighted by Crippen LogP contribution is 2.51. The smallest absolute Gasteiger partial charge is 0.343 e. The van der Waals surface area contributed by atoms with Gasteiger partial charge in [0.2, 0.25) is 0 Å². The first-order valence-corrected chi connectivity index (χ1v) is 12.6. The number of hydrogen-bond donors (Lipinski definition) is 1. The van der Waals surface area contributed by atoms with Gasteiger partial charge in [0.05, 0.1) is 32.1 Å². The fourth-order valence-corrected chi connectivity index (χ4v) is 5.82. The molecule has 0 radical (unpaired) electrons. The second kappa shape index (κ2) is 9.16. The van der Waals surface area contributed by atoms with Crippen LogP contribution in [0.1, 0.15) is 65.7 Å². The molecule has 1 atom stereocenters. The molecule has 3 aromatic rings. The molecule has 0 fully saturated rings. The number of benzene rings is 2. The van der Waals surface area contributed by atoms with E-state index in [9.17, 15) is 9.59 Å². The van der Waals surface area contributed by atoms with Gasteiger partial charge >= 0.3 is 5.97 Å². The van der Waals surface area contributed by atoms with Gasteiger partial charge in [-0.25, -0.2) is 4.79 Å². The molecule has 1 aromatic heterocycles. The monoisotopic (exact) mass is 486 g/mol. The highest BCUT2D eigenvalue weighted by Gasteiger charge is 2.38. The molecule has 0 saturated carbocycles. The Labute approximate surface area is 212 Å². The maximum atomic E-state index is 13.9. The molecule has 2 aliphatic rings. The van der Waals surface area contributed by atoms with E-state index in [2.05, 4.69) is 32.2 Å². The van der Waals surface area contributed by atoms with E-state index in [1.165, 1.54) is 18.2 Å². The van der Waals surface area contributed by atoms with Gasteiger partial charge in [-0.05, 0) is 65.0 Å². The standard InChI is InChI=1S/C30H34N2O4/c1-30(2,3)24-15-20-19-12-9-13-31-26(19)25(35-4)16-21(20)27-22(24)14-23(29(34)36-5)28(33)32(27)17-18-10-7-6-8-11-18/h6-8,10-11,14,16,24,31H,9,12-13,15,17H2,1-5H3. The van der Waals surface area contributed by atoms with Gasteiger partial charge in [0.1, 0.15) is 11.3 Å². The van der Waals surface area contributed by atoms with E-state index in [1.54, 1.807) is 17.7 Å². The fourth-order valence-electron chi connectivity index (χ4n) is 5.82. The number of rotatable bonds is 4. The van der Waals surface area contributed by atoms with Crippen LogP contribution in [0.4, 0.5) is 5.69 Å². The molecule has 0 saturated heterocycles. The summed E-state index contributed by atoms with van der Waals surface area (Å²) in [6.07, 6.45) is 2.86. The van der Waals surface area contributed by atoms with E-state index in [0.717, 1.165) is 59.6 Å². The molecule has 2 aromatic carbocycles. The maximum absolute atomic E-state index is 13.9. The summed E-state index contributed by atoms with van der Waals surface area (Å²) < 4.78 is 12.6. The van der Waals surface area contributed by atoms with E-state index >= 15 is 0 Å². The van der Waals surface area contributed by atoms with Crippen molar-refractivity contribution in [2.24, 2.45) is 5.41 Å². The molecule has 5 rings (SSSR count). The summed E-state index contributed by atoms with van der Waals surface area (Å²) in [5.74, 6) is 0.306. The van der Waals surface area contributed by atoms with Crippen LogP contribution in [0, 0.1) is 5.41 Å². The molecule has 1 aliphatic carbocycles. The molecule has 36 heavy (non-hydrogen) atoms. The molecule has 0 amide bonds. The third-order valence-electron chi connectivity index (χ3n) is 7.63. The molecule has 2 heterocycles. The van der Waals surface area contributed by atoms with E-state index < -0.39 is 5.97 Å². The summed E-state index contributed by atoms with van der Waals surface area (Å²) in [5.41, 5.74) is 7.19. The van der Waals surface area contributed by atoms with Gasteiger partial charge < -0.3 is 19.4 Å². The zero-order chi connectivity index (χ0) is 25.6. The van der Waals surface area contributed by atoms with Crippen LogP contribution in [0.2, 0.25) is 0 Å². The van der Waals surface area contributed by atoms with Gasteiger partial charge in [-0.3, -0.25) is 4.79 Å². The van der Waals surface area contributed by atoms with Gasteiger partial charge in [-0.1, -0.05) is 51.1 Å². The third kappa shape index (κ3) is 3.98. The molecule has 6 heteroatoms. The Morgan fingerprint density at radius 1 is 1.11 bits per heavy atom. The predicted octanol–water partition coefficient (Wildman–Crippen LogP) is 5.40. The number of esters is 1. The summed E-state index contributed by atoms with van der Waals surface area (Å²) in [6.45, 7) is 7.96. The van der Waals surface area contributed by atoms with Crippen LogP contribution >= 0.6 is 0 Å². The number of pyridine rings is 1. The number of fused-ring (bicyclic) bond motifs is 5. The second-order valence-electron chi connectivity index (χ2n) is 10.8. The van der Waals surface area contributed by atoms with Gasteiger partial charge in [-0.2, -0.15) is 0 Å². The lowest BCUT2D eigenvalue weighted by Crippen LogP contribution is -2.35. The van der Waals surface area contributed by atoms with Crippen molar-refractivity contribution in [3.05, 3.63) is 80.6 Å². The van der Waals surface area contributed by atoms with Crippen molar-refractivity contribution in [1.82, 2.24) is 4.57 Å². The Hall–Kier alpha value is -3.54. The second-order valence-corrected chi connectivity index (χ2v) is 10.8. The zero-order valence-electron chi connectivity index (χ0n) is 21.7. The summed E-state index contributed by atoms with van der Waals surface area (Å²) in [7, 11) is 3.01. The number of ether oxygens (including phenoxy) is 2. The summed E-state index contributed by atoms with van der Waals surface area (Å²) >= 11 is 0. The van der Waals surface area contributed by atoms with Crippen LogP contribution in [0.25, 0.3) is 11.3 Å². The molecule has 188 valence electrons. The average molecular weight is 487 g/mol. The van der Waals surface area contributed by atoms with Gasteiger partial charge in [0.15, 0.2) is 0 Å². The molecule has 1 aliphatic heterocycles. The van der Waals surface area contributed by atoms with Crippen molar-refractivity contribution in [1.29, 1.82) is 0 Å². The number of hydrogen-bond acceptors (Lipinski definition) is 5. The van der Waals surface area contributed by atoms with E-state index in [4.69, 9.17) is 9.47 Å². The third-order valence-corrected chi connectivity index (χ3v) is 7.63. The molecular weight excluding hydrogens is 452 g/mol. The lowest BCUT2D eigenvalue weighted by atomic mass is 9.67. The fraction of sp³-hybridized carbons (Fsp3) is 0.400. The Morgan fingerprint density at radius 2 is 1.86 bits per heavy atom. The number of nitrogens with zero attached hydrogens (tertiary/aromatic N) is 1. The van der Waals surface area contributed by atoms with Crippen molar-refractivity contribution in [3.63, 3.8) is 0 Å². The van der Waals surface area contributed by atoms with Crippen molar-refractivity contribution in [2.75, 3.05) is 26.1 Å². The van der Waals surface area contributed by atoms with E-state index in [0.29, 0.717) is 6.54 Å². The lowest BCUT2D eigenvalue weighted by Gasteiger charge is -2.40. The minimum absolute atomic E-state index is 0.0801. The van der Waals surface area contributed by atoms with E-state index in [1.807, 2.05) is 30.3 Å². The molecule has 0 spiro atoms.